The highest BCUT2D eigenvalue weighted by molar-refractivity contribution is 5.99. The van der Waals surface area contributed by atoms with Gasteiger partial charge in [-0.2, -0.15) is 15.2 Å². The van der Waals surface area contributed by atoms with Crippen LogP contribution in [0.4, 0.5) is 16.2 Å². The number of fused-ring (bicyclic) bond motifs is 3. The molecule has 0 aliphatic heterocycles. The standard InChI is InChI=1S/C27H21FN10O/c1-2-19(24-17-7-6-15(28)11-20(17)37(36-24)16-4-3-9-31-12-16)38-26-22(25(29)32-13-33-26)23(35-38)14-5-8-21-18(10-14)34-27(30)39-21/h3-13,19H,2H2,1H3,(H2,30,34)(H2,29,32,33). The Morgan fingerprint density at radius 1 is 1.05 bits per heavy atom. The number of oxazole rings is 1. The molecule has 0 amide bonds. The summed E-state index contributed by atoms with van der Waals surface area (Å²) in [6.07, 6.45) is 5.40. The van der Waals surface area contributed by atoms with Crippen molar-refractivity contribution in [3.8, 4) is 16.9 Å². The van der Waals surface area contributed by atoms with Crippen LogP contribution < -0.4 is 11.5 Å². The molecule has 11 nitrogen and oxygen atoms in total. The third-order valence-corrected chi connectivity index (χ3v) is 6.76. The zero-order valence-corrected chi connectivity index (χ0v) is 20.7. The van der Waals surface area contributed by atoms with Crippen molar-refractivity contribution in [1.29, 1.82) is 0 Å². The Morgan fingerprint density at radius 3 is 2.77 bits per heavy atom. The van der Waals surface area contributed by atoms with E-state index >= 15 is 0 Å². The molecule has 0 aliphatic carbocycles. The van der Waals surface area contributed by atoms with Gasteiger partial charge in [0.05, 0.1) is 34.5 Å². The quantitative estimate of drug-likeness (QED) is 0.330. The number of aromatic nitrogens is 8. The number of hydrogen-bond acceptors (Lipinski definition) is 9. The normalized spacial score (nSPS) is 12.6. The SMILES string of the molecule is CCC(c1nn(-c2cccnc2)c2cc(F)ccc12)n1nc(-c2ccc3oc(N)nc3c2)c2c(N)ncnc21. The van der Waals surface area contributed by atoms with Crippen molar-refractivity contribution in [1.82, 2.24) is 39.5 Å². The first-order valence-electron chi connectivity index (χ1n) is 12.3. The van der Waals surface area contributed by atoms with E-state index in [-0.39, 0.29) is 17.9 Å². The van der Waals surface area contributed by atoms with Crippen molar-refractivity contribution in [2.45, 2.75) is 19.4 Å². The van der Waals surface area contributed by atoms with E-state index in [9.17, 15) is 4.39 Å². The number of anilines is 2. The molecule has 0 radical (unpaired) electrons. The molecule has 1 atom stereocenters. The predicted octanol–water partition coefficient (Wildman–Crippen LogP) is 4.67. The molecule has 7 aromatic rings. The lowest BCUT2D eigenvalue weighted by atomic mass is 10.1. The van der Waals surface area contributed by atoms with E-state index in [1.807, 2.05) is 35.9 Å². The zero-order valence-electron chi connectivity index (χ0n) is 20.7. The zero-order chi connectivity index (χ0) is 26.7. The molecule has 0 spiro atoms. The molecule has 0 saturated heterocycles. The number of hydrogen-bond donors (Lipinski definition) is 2. The van der Waals surface area contributed by atoms with Crippen molar-refractivity contribution in [3.63, 3.8) is 0 Å². The minimum absolute atomic E-state index is 0.0824. The first-order valence-corrected chi connectivity index (χ1v) is 12.3. The summed E-state index contributed by atoms with van der Waals surface area (Å²) in [5.74, 6) is -0.0629. The van der Waals surface area contributed by atoms with Crippen LogP contribution in [0.1, 0.15) is 25.1 Å². The molecule has 2 aromatic carbocycles. The van der Waals surface area contributed by atoms with Crippen molar-refractivity contribution in [2.24, 2.45) is 0 Å². The van der Waals surface area contributed by atoms with Gasteiger partial charge in [0.1, 0.15) is 29.2 Å². The van der Waals surface area contributed by atoms with Crippen LogP contribution in [0.2, 0.25) is 0 Å². The third-order valence-electron chi connectivity index (χ3n) is 6.76. The predicted molar refractivity (Wildman–Crippen MR) is 144 cm³/mol. The molecule has 0 saturated carbocycles. The average molecular weight is 521 g/mol. The maximum atomic E-state index is 14.4. The Balaban J connectivity index is 1.46. The molecule has 5 aromatic heterocycles. The molecule has 7 rings (SSSR count). The van der Waals surface area contributed by atoms with Crippen LogP contribution in [0.3, 0.4) is 0 Å². The van der Waals surface area contributed by atoms with E-state index in [2.05, 4.69) is 19.9 Å². The van der Waals surface area contributed by atoms with Gasteiger partial charge < -0.3 is 15.9 Å². The minimum atomic E-state index is -0.358. The first-order chi connectivity index (χ1) is 19.0. The molecule has 1 unspecified atom stereocenters. The van der Waals surface area contributed by atoms with E-state index in [0.29, 0.717) is 57.0 Å². The molecule has 0 bridgehead atoms. The third kappa shape index (κ3) is 3.56. The van der Waals surface area contributed by atoms with Gasteiger partial charge in [-0.05, 0) is 48.9 Å². The summed E-state index contributed by atoms with van der Waals surface area (Å²) in [5, 5.41) is 11.3. The summed E-state index contributed by atoms with van der Waals surface area (Å²) < 4.78 is 23.3. The molecular weight excluding hydrogens is 499 g/mol. The lowest BCUT2D eigenvalue weighted by Gasteiger charge is -2.14. The van der Waals surface area contributed by atoms with Gasteiger partial charge in [-0.1, -0.05) is 6.92 Å². The highest BCUT2D eigenvalue weighted by Crippen LogP contribution is 2.37. The van der Waals surface area contributed by atoms with E-state index in [1.54, 1.807) is 29.2 Å². The van der Waals surface area contributed by atoms with E-state index in [4.69, 9.17) is 26.1 Å². The van der Waals surface area contributed by atoms with Gasteiger partial charge in [0.25, 0.3) is 6.01 Å². The fourth-order valence-electron chi connectivity index (χ4n) is 5.02. The molecule has 0 fully saturated rings. The second kappa shape index (κ2) is 8.58. The highest BCUT2D eigenvalue weighted by atomic mass is 19.1. The maximum Gasteiger partial charge on any atom is 0.292 e. The summed E-state index contributed by atoms with van der Waals surface area (Å²) in [7, 11) is 0. The van der Waals surface area contributed by atoms with Crippen LogP contribution in [0.5, 0.6) is 0 Å². The smallest absolute Gasteiger partial charge is 0.292 e. The van der Waals surface area contributed by atoms with Crippen LogP contribution >= 0.6 is 0 Å². The minimum Gasteiger partial charge on any atom is -0.424 e. The number of benzene rings is 2. The van der Waals surface area contributed by atoms with Gasteiger partial charge >= 0.3 is 0 Å². The number of nitrogens with two attached hydrogens (primary N) is 2. The second-order valence-corrected chi connectivity index (χ2v) is 9.08. The van der Waals surface area contributed by atoms with E-state index < -0.39 is 0 Å². The fraction of sp³-hybridized carbons (Fsp3) is 0.111. The average Bonchev–Trinajstić information content (AvgIpc) is 3.63. The van der Waals surface area contributed by atoms with Gasteiger partial charge in [-0.3, -0.25) is 4.98 Å². The fourth-order valence-corrected chi connectivity index (χ4v) is 5.02. The Bertz CT molecular complexity index is 2010. The van der Waals surface area contributed by atoms with Crippen LogP contribution in [0.15, 0.2) is 71.7 Å². The molecule has 39 heavy (non-hydrogen) atoms. The molecule has 5 heterocycles. The highest BCUT2D eigenvalue weighted by Gasteiger charge is 2.27. The molecule has 4 N–H and O–H groups in total. The molecule has 192 valence electrons. The second-order valence-electron chi connectivity index (χ2n) is 9.08. The Labute approximate surface area is 219 Å². The van der Waals surface area contributed by atoms with Crippen molar-refractivity contribution in [3.05, 3.63) is 78.8 Å². The summed E-state index contributed by atoms with van der Waals surface area (Å²) >= 11 is 0. The Hall–Kier alpha value is -5.39. The van der Waals surface area contributed by atoms with Crippen LogP contribution in [0.25, 0.3) is 50.0 Å². The van der Waals surface area contributed by atoms with Crippen LogP contribution in [-0.4, -0.2) is 39.5 Å². The molecular formula is C27H21FN10O. The van der Waals surface area contributed by atoms with Crippen molar-refractivity contribution < 1.29 is 8.81 Å². The number of rotatable bonds is 5. The van der Waals surface area contributed by atoms with Gasteiger partial charge in [0, 0.05) is 23.2 Å². The monoisotopic (exact) mass is 520 g/mol. The van der Waals surface area contributed by atoms with Gasteiger partial charge in [0.2, 0.25) is 0 Å². The van der Waals surface area contributed by atoms with E-state index in [1.165, 1.54) is 18.5 Å². The number of nitrogen functional groups attached to an aromatic ring is 2. The molecule has 0 aliphatic rings. The largest absolute Gasteiger partial charge is 0.424 e. The van der Waals surface area contributed by atoms with Crippen LogP contribution in [-0.2, 0) is 0 Å². The first kappa shape index (κ1) is 22.8. The summed E-state index contributed by atoms with van der Waals surface area (Å²) in [6, 6.07) is 13.5. The Kier molecular flexibility index (Phi) is 5.01. The number of nitrogens with zero attached hydrogens (tertiary/aromatic N) is 8. The van der Waals surface area contributed by atoms with Crippen molar-refractivity contribution in [2.75, 3.05) is 11.5 Å². The van der Waals surface area contributed by atoms with E-state index in [0.717, 1.165) is 10.9 Å². The summed E-state index contributed by atoms with van der Waals surface area (Å²) in [5.41, 5.74) is 17.2. The Morgan fingerprint density at radius 2 is 1.95 bits per heavy atom. The van der Waals surface area contributed by atoms with Gasteiger partial charge in [0.15, 0.2) is 11.2 Å². The maximum absolute atomic E-state index is 14.4. The number of halogens is 1. The summed E-state index contributed by atoms with van der Waals surface area (Å²) in [4.78, 5) is 17.2. The summed E-state index contributed by atoms with van der Waals surface area (Å²) in [6.45, 7) is 2.03. The molecule has 12 heteroatoms. The topological polar surface area (TPSA) is 152 Å². The van der Waals surface area contributed by atoms with Gasteiger partial charge in [-0.15, -0.1) is 0 Å². The lowest BCUT2D eigenvalue weighted by Crippen LogP contribution is -2.13. The lowest BCUT2D eigenvalue weighted by molar-refractivity contribution is 0.509. The van der Waals surface area contributed by atoms with Gasteiger partial charge in [-0.25, -0.2) is 23.7 Å². The number of pyridine rings is 1. The van der Waals surface area contributed by atoms with Crippen molar-refractivity contribution >= 4 is 44.9 Å². The van der Waals surface area contributed by atoms with Crippen LogP contribution in [0, 0.1) is 5.82 Å².